The van der Waals surface area contributed by atoms with E-state index < -0.39 is 28.5 Å². The summed E-state index contributed by atoms with van der Waals surface area (Å²) in [6, 6.07) is 26.5. The van der Waals surface area contributed by atoms with E-state index in [2.05, 4.69) is 5.32 Å². The third-order valence-electron chi connectivity index (χ3n) is 8.00. The van der Waals surface area contributed by atoms with Crippen molar-refractivity contribution in [1.82, 2.24) is 10.2 Å². The second kappa shape index (κ2) is 15.6. The predicted octanol–water partition coefficient (Wildman–Crippen LogP) is 7.36. The Hall–Kier alpha value is -3.85. The Morgan fingerprint density at radius 1 is 0.804 bits per heavy atom. The Labute approximate surface area is 282 Å². The van der Waals surface area contributed by atoms with E-state index in [-0.39, 0.29) is 29.8 Å². The standard InChI is InChI=1S/C36H39Cl2N3O4S/c1-5-27(4)39-36(43)34(22-28-9-7-6-8-10-28)40(23-29-12-14-30(37)15-13-29)35(42)24-41(32-18-11-25(2)26(3)21-32)46(44,45)33-19-16-31(38)17-20-33/h6-21,27,34H,5,22-24H2,1-4H3,(H,39,43)/t27-,34-/m0/s1. The molecule has 242 valence electrons. The lowest BCUT2D eigenvalue weighted by Gasteiger charge is -2.34. The SMILES string of the molecule is CC[C@H](C)NC(=O)[C@H](Cc1ccccc1)N(Cc1ccc(Cl)cc1)C(=O)CN(c1ccc(C)c(C)c1)S(=O)(=O)c1ccc(Cl)cc1. The number of carbonyl (C=O) groups is 2. The van der Waals surface area contributed by atoms with E-state index in [1.54, 1.807) is 36.4 Å². The quantitative estimate of drug-likeness (QED) is 0.160. The van der Waals surface area contributed by atoms with Gasteiger partial charge in [0.2, 0.25) is 11.8 Å². The number of anilines is 1. The minimum Gasteiger partial charge on any atom is -0.352 e. The van der Waals surface area contributed by atoms with E-state index in [0.717, 1.165) is 26.6 Å². The molecular weight excluding hydrogens is 641 g/mol. The van der Waals surface area contributed by atoms with Crippen LogP contribution in [-0.4, -0.2) is 43.8 Å². The number of sulfonamides is 1. The summed E-state index contributed by atoms with van der Waals surface area (Å²) in [6.45, 7) is 7.21. The molecule has 2 amide bonds. The number of aryl methyl sites for hydroxylation is 2. The smallest absolute Gasteiger partial charge is 0.264 e. The van der Waals surface area contributed by atoms with E-state index in [1.807, 2.05) is 64.1 Å². The zero-order chi connectivity index (χ0) is 33.4. The van der Waals surface area contributed by atoms with Crippen LogP contribution in [0.4, 0.5) is 5.69 Å². The Morgan fingerprint density at radius 3 is 2.00 bits per heavy atom. The molecule has 4 aromatic rings. The maximum absolute atomic E-state index is 14.6. The summed E-state index contributed by atoms with van der Waals surface area (Å²) in [4.78, 5) is 30.0. The Morgan fingerprint density at radius 2 is 1.41 bits per heavy atom. The number of hydrogen-bond donors (Lipinski definition) is 1. The number of hydrogen-bond acceptors (Lipinski definition) is 4. The van der Waals surface area contributed by atoms with Gasteiger partial charge < -0.3 is 10.2 Å². The van der Waals surface area contributed by atoms with Gasteiger partial charge in [0.05, 0.1) is 10.6 Å². The molecule has 0 radical (unpaired) electrons. The normalized spacial score (nSPS) is 12.7. The highest BCUT2D eigenvalue weighted by Crippen LogP contribution is 2.28. The second-order valence-corrected chi connectivity index (χ2v) is 14.1. The lowest BCUT2D eigenvalue weighted by Crippen LogP contribution is -2.54. The van der Waals surface area contributed by atoms with Gasteiger partial charge in [0.25, 0.3) is 10.0 Å². The highest BCUT2D eigenvalue weighted by Gasteiger charge is 2.35. The number of benzene rings is 4. The fraction of sp³-hybridized carbons (Fsp3) is 0.278. The first kappa shape index (κ1) is 35.0. The van der Waals surface area contributed by atoms with Crippen LogP contribution in [0.1, 0.15) is 42.5 Å². The molecule has 0 aromatic heterocycles. The van der Waals surface area contributed by atoms with Gasteiger partial charge in [-0.25, -0.2) is 8.42 Å². The monoisotopic (exact) mass is 679 g/mol. The van der Waals surface area contributed by atoms with Crippen molar-refractivity contribution < 1.29 is 18.0 Å². The van der Waals surface area contributed by atoms with Gasteiger partial charge in [-0.2, -0.15) is 0 Å². The fourth-order valence-electron chi connectivity index (χ4n) is 4.92. The number of nitrogens with zero attached hydrogens (tertiary/aromatic N) is 2. The summed E-state index contributed by atoms with van der Waals surface area (Å²) < 4.78 is 29.5. The van der Waals surface area contributed by atoms with Crippen LogP contribution in [-0.2, 0) is 32.6 Å². The molecule has 4 rings (SSSR count). The number of carbonyl (C=O) groups excluding carboxylic acids is 2. The van der Waals surface area contributed by atoms with E-state index in [0.29, 0.717) is 22.2 Å². The molecule has 0 spiro atoms. The molecule has 0 heterocycles. The largest absolute Gasteiger partial charge is 0.352 e. The van der Waals surface area contributed by atoms with E-state index in [4.69, 9.17) is 23.2 Å². The summed E-state index contributed by atoms with van der Waals surface area (Å²) in [7, 11) is -4.23. The zero-order valence-corrected chi connectivity index (χ0v) is 28.7. The average Bonchev–Trinajstić information content (AvgIpc) is 3.04. The topological polar surface area (TPSA) is 86.8 Å². The van der Waals surface area contributed by atoms with Crippen molar-refractivity contribution in [2.24, 2.45) is 0 Å². The van der Waals surface area contributed by atoms with Crippen molar-refractivity contribution in [3.05, 3.63) is 129 Å². The van der Waals surface area contributed by atoms with Crippen molar-refractivity contribution in [3.8, 4) is 0 Å². The first-order valence-electron chi connectivity index (χ1n) is 15.1. The highest BCUT2D eigenvalue weighted by molar-refractivity contribution is 7.92. The first-order valence-corrected chi connectivity index (χ1v) is 17.3. The van der Waals surface area contributed by atoms with Gasteiger partial charge in [-0.15, -0.1) is 0 Å². The fourth-order valence-corrected chi connectivity index (χ4v) is 6.58. The van der Waals surface area contributed by atoms with Gasteiger partial charge >= 0.3 is 0 Å². The van der Waals surface area contributed by atoms with Crippen LogP contribution in [0.2, 0.25) is 10.0 Å². The van der Waals surface area contributed by atoms with Crippen LogP contribution >= 0.6 is 23.2 Å². The summed E-state index contributed by atoms with van der Waals surface area (Å²) >= 11 is 12.2. The number of rotatable bonds is 13. The van der Waals surface area contributed by atoms with E-state index in [9.17, 15) is 18.0 Å². The zero-order valence-electron chi connectivity index (χ0n) is 26.4. The number of halogens is 2. The molecule has 0 aliphatic carbocycles. The molecule has 7 nitrogen and oxygen atoms in total. The van der Waals surface area contributed by atoms with E-state index in [1.165, 1.54) is 29.2 Å². The van der Waals surface area contributed by atoms with Crippen LogP contribution in [0.15, 0.2) is 102 Å². The molecule has 46 heavy (non-hydrogen) atoms. The lowest BCUT2D eigenvalue weighted by molar-refractivity contribution is -0.140. The maximum Gasteiger partial charge on any atom is 0.264 e. The first-order chi connectivity index (χ1) is 21.9. The molecule has 0 fully saturated rings. The molecule has 0 aliphatic rings. The third kappa shape index (κ3) is 8.90. The molecule has 10 heteroatoms. The van der Waals surface area contributed by atoms with Gasteiger partial charge in [0.1, 0.15) is 12.6 Å². The molecule has 0 unspecified atom stereocenters. The van der Waals surface area contributed by atoms with Crippen LogP contribution in [0.3, 0.4) is 0 Å². The van der Waals surface area contributed by atoms with Crippen LogP contribution in [0.5, 0.6) is 0 Å². The molecule has 0 bridgehead atoms. The molecule has 2 atom stereocenters. The number of nitrogens with one attached hydrogen (secondary N) is 1. The van der Waals surface area contributed by atoms with Crippen LogP contribution < -0.4 is 9.62 Å². The number of amides is 2. The Bertz CT molecular complexity index is 1750. The van der Waals surface area contributed by atoms with Crippen molar-refractivity contribution in [3.63, 3.8) is 0 Å². The van der Waals surface area contributed by atoms with Crippen molar-refractivity contribution in [1.29, 1.82) is 0 Å². The molecule has 0 aliphatic heterocycles. The van der Waals surface area contributed by atoms with Gasteiger partial charge in [-0.3, -0.25) is 13.9 Å². The molecule has 1 N–H and O–H groups in total. The molecular formula is C36H39Cl2N3O4S. The van der Waals surface area contributed by atoms with Crippen LogP contribution in [0.25, 0.3) is 0 Å². The van der Waals surface area contributed by atoms with Gasteiger partial charge in [-0.1, -0.05) is 78.7 Å². The highest BCUT2D eigenvalue weighted by atomic mass is 35.5. The summed E-state index contributed by atoms with van der Waals surface area (Å²) in [6.07, 6.45) is 0.935. The Kier molecular flexibility index (Phi) is 11.9. The van der Waals surface area contributed by atoms with E-state index >= 15 is 0 Å². The van der Waals surface area contributed by atoms with Crippen molar-refractivity contribution >= 4 is 50.7 Å². The summed E-state index contributed by atoms with van der Waals surface area (Å²) in [5, 5.41) is 3.96. The molecule has 4 aromatic carbocycles. The maximum atomic E-state index is 14.6. The van der Waals surface area contributed by atoms with Gasteiger partial charge in [0, 0.05) is 29.1 Å². The average molecular weight is 681 g/mol. The predicted molar refractivity (Wildman–Crippen MR) is 186 cm³/mol. The molecule has 0 saturated heterocycles. The summed E-state index contributed by atoms with van der Waals surface area (Å²) in [5.74, 6) is -0.857. The van der Waals surface area contributed by atoms with Crippen molar-refractivity contribution in [2.45, 2.75) is 64.1 Å². The van der Waals surface area contributed by atoms with Gasteiger partial charge in [-0.05, 0) is 98.0 Å². The minimum absolute atomic E-state index is 0.0115. The lowest BCUT2D eigenvalue weighted by atomic mass is 10.0. The van der Waals surface area contributed by atoms with Crippen LogP contribution in [0, 0.1) is 13.8 Å². The summed E-state index contributed by atoms with van der Waals surface area (Å²) in [5.41, 5.74) is 3.79. The Balaban J connectivity index is 1.82. The minimum atomic E-state index is -4.23. The van der Waals surface area contributed by atoms with Gasteiger partial charge in [0.15, 0.2) is 0 Å². The molecule has 0 saturated carbocycles. The third-order valence-corrected chi connectivity index (χ3v) is 10.3. The second-order valence-electron chi connectivity index (χ2n) is 11.4. The van der Waals surface area contributed by atoms with Crippen molar-refractivity contribution in [2.75, 3.05) is 10.8 Å².